The molecule has 0 atom stereocenters. The summed E-state index contributed by atoms with van der Waals surface area (Å²) in [4.78, 5) is 34.0. The summed E-state index contributed by atoms with van der Waals surface area (Å²) < 4.78 is 1.47. The van der Waals surface area contributed by atoms with Gasteiger partial charge in [0.25, 0.3) is 5.56 Å². The smallest absolute Gasteiger partial charge is 0.262 e. The maximum Gasteiger partial charge on any atom is 0.262 e. The van der Waals surface area contributed by atoms with Gasteiger partial charge in [-0.3, -0.25) is 14.2 Å². The Morgan fingerprint density at radius 3 is 3.00 bits per heavy atom. The predicted octanol–water partition coefficient (Wildman–Crippen LogP) is 2.54. The van der Waals surface area contributed by atoms with E-state index in [4.69, 9.17) is 0 Å². The van der Waals surface area contributed by atoms with E-state index in [1.54, 1.807) is 16.2 Å². The summed E-state index contributed by atoms with van der Waals surface area (Å²) >= 11 is 1.62. The van der Waals surface area contributed by atoms with Crippen molar-refractivity contribution in [2.45, 2.75) is 32.2 Å². The Kier molecular flexibility index (Phi) is 3.28. The Balaban J connectivity index is 1.50. The van der Waals surface area contributed by atoms with E-state index in [-0.39, 0.29) is 18.0 Å². The van der Waals surface area contributed by atoms with Gasteiger partial charge in [0.2, 0.25) is 5.91 Å². The number of benzene rings is 1. The van der Waals surface area contributed by atoms with E-state index in [0.29, 0.717) is 6.54 Å². The zero-order valence-corrected chi connectivity index (χ0v) is 14.5. The van der Waals surface area contributed by atoms with Crippen LogP contribution in [0, 0.1) is 0 Å². The third-order valence-corrected chi connectivity index (χ3v) is 6.39. The number of para-hydroxylation sites is 1. The van der Waals surface area contributed by atoms with Crippen LogP contribution in [-0.4, -0.2) is 22.0 Å². The summed E-state index contributed by atoms with van der Waals surface area (Å²) in [7, 11) is 0. The molecule has 0 N–H and O–H groups in total. The van der Waals surface area contributed by atoms with E-state index >= 15 is 0 Å². The minimum absolute atomic E-state index is 0.0424. The largest absolute Gasteiger partial charge is 0.310 e. The number of amides is 1. The fourth-order valence-electron chi connectivity index (χ4n) is 3.96. The number of thiophene rings is 1. The molecule has 1 amide bonds. The van der Waals surface area contributed by atoms with Crippen molar-refractivity contribution in [2.24, 2.45) is 0 Å². The van der Waals surface area contributed by atoms with Crippen molar-refractivity contribution >= 4 is 33.1 Å². The van der Waals surface area contributed by atoms with Crippen LogP contribution in [0.15, 0.2) is 35.4 Å². The molecule has 0 saturated carbocycles. The maximum absolute atomic E-state index is 12.9. The van der Waals surface area contributed by atoms with Gasteiger partial charge in [0.05, 0.1) is 11.7 Å². The highest BCUT2D eigenvalue weighted by molar-refractivity contribution is 7.18. The van der Waals surface area contributed by atoms with Gasteiger partial charge in [0.1, 0.15) is 11.4 Å². The monoisotopic (exact) mass is 351 g/mol. The van der Waals surface area contributed by atoms with Gasteiger partial charge in [-0.1, -0.05) is 18.2 Å². The van der Waals surface area contributed by atoms with Crippen molar-refractivity contribution in [2.75, 3.05) is 11.4 Å². The van der Waals surface area contributed by atoms with Crippen molar-refractivity contribution in [3.05, 3.63) is 57.0 Å². The van der Waals surface area contributed by atoms with Crippen molar-refractivity contribution in [3.8, 4) is 0 Å². The van der Waals surface area contributed by atoms with Gasteiger partial charge in [0, 0.05) is 17.1 Å². The van der Waals surface area contributed by atoms with Crippen LogP contribution in [0.25, 0.3) is 10.2 Å². The second-order valence-electron chi connectivity index (χ2n) is 6.64. The Morgan fingerprint density at radius 2 is 2.08 bits per heavy atom. The summed E-state index contributed by atoms with van der Waals surface area (Å²) in [5.41, 5.74) is 3.23. The summed E-state index contributed by atoms with van der Waals surface area (Å²) in [6, 6.07) is 7.96. The average molecular weight is 351 g/mol. The lowest BCUT2D eigenvalue weighted by molar-refractivity contribution is -0.119. The molecule has 6 heteroatoms. The molecule has 0 fully saturated rings. The number of rotatable bonds is 2. The van der Waals surface area contributed by atoms with E-state index in [1.165, 1.54) is 21.3 Å². The molecular weight excluding hydrogens is 334 g/mol. The second kappa shape index (κ2) is 5.52. The number of anilines is 1. The summed E-state index contributed by atoms with van der Waals surface area (Å²) in [5, 5.41) is 0.731. The van der Waals surface area contributed by atoms with Crippen LogP contribution in [0.3, 0.4) is 0 Å². The molecule has 2 aliphatic rings. The van der Waals surface area contributed by atoms with Crippen LogP contribution in [0.4, 0.5) is 5.69 Å². The molecule has 0 unspecified atom stereocenters. The topological polar surface area (TPSA) is 55.2 Å². The van der Waals surface area contributed by atoms with E-state index in [9.17, 15) is 9.59 Å². The van der Waals surface area contributed by atoms with Gasteiger partial charge in [-0.2, -0.15) is 0 Å². The Hall–Kier alpha value is -2.47. The molecule has 3 heterocycles. The fourth-order valence-corrected chi connectivity index (χ4v) is 5.18. The van der Waals surface area contributed by atoms with Crippen LogP contribution in [0.2, 0.25) is 0 Å². The first-order valence-electron chi connectivity index (χ1n) is 8.60. The molecule has 2 aromatic heterocycles. The number of fused-ring (bicyclic) bond motifs is 4. The SMILES string of the molecule is O=C(Cn1cnc2sc3c(c2c1=O)CCC3)N1CCc2ccccc21. The van der Waals surface area contributed by atoms with Crippen molar-refractivity contribution in [1.29, 1.82) is 0 Å². The zero-order valence-electron chi connectivity index (χ0n) is 13.7. The van der Waals surface area contributed by atoms with Gasteiger partial charge in [-0.15, -0.1) is 11.3 Å². The first-order chi connectivity index (χ1) is 12.2. The van der Waals surface area contributed by atoms with Gasteiger partial charge < -0.3 is 4.90 Å². The Morgan fingerprint density at radius 1 is 1.20 bits per heavy atom. The molecular formula is C19H17N3O2S. The van der Waals surface area contributed by atoms with Crippen LogP contribution in [0.1, 0.15) is 22.4 Å². The molecule has 5 nitrogen and oxygen atoms in total. The number of hydrogen-bond acceptors (Lipinski definition) is 4. The third-order valence-electron chi connectivity index (χ3n) is 5.19. The van der Waals surface area contributed by atoms with Crippen LogP contribution < -0.4 is 10.5 Å². The summed E-state index contributed by atoms with van der Waals surface area (Å²) in [6.45, 7) is 0.719. The van der Waals surface area contributed by atoms with E-state index in [1.807, 2.05) is 18.2 Å². The van der Waals surface area contributed by atoms with E-state index in [0.717, 1.165) is 47.2 Å². The minimum atomic E-state index is -0.0785. The predicted molar refractivity (Wildman–Crippen MR) is 98.4 cm³/mol. The molecule has 25 heavy (non-hydrogen) atoms. The third kappa shape index (κ3) is 2.24. The normalized spacial score (nSPS) is 15.6. The molecule has 1 aliphatic carbocycles. The quantitative estimate of drug-likeness (QED) is 0.713. The highest BCUT2D eigenvalue weighted by Crippen LogP contribution is 2.34. The Labute approximate surface area is 148 Å². The summed E-state index contributed by atoms with van der Waals surface area (Å²) in [5.74, 6) is -0.0555. The van der Waals surface area contributed by atoms with E-state index < -0.39 is 0 Å². The lowest BCUT2D eigenvalue weighted by Gasteiger charge is -2.17. The molecule has 0 radical (unpaired) electrons. The molecule has 3 aromatic rings. The van der Waals surface area contributed by atoms with E-state index in [2.05, 4.69) is 11.1 Å². The molecule has 1 aliphatic heterocycles. The van der Waals surface area contributed by atoms with Gasteiger partial charge in [-0.25, -0.2) is 4.98 Å². The van der Waals surface area contributed by atoms with Crippen molar-refractivity contribution < 1.29 is 4.79 Å². The number of carbonyl (C=O) groups is 1. The maximum atomic E-state index is 12.9. The lowest BCUT2D eigenvalue weighted by atomic mass is 10.2. The van der Waals surface area contributed by atoms with Crippen LogP contribution in [0.5, 0.6) is 0 Å². The molecule has 126 valence electrons. The number of hydrogen-bond donors (Lipinski definition) is 0. The summed E-state index contributed by atoms with van der Waals surface area (Å²) in [6.07, 6.45) is 5.49. The number of carbonyl (C=O) groups excluding carboxylic acids is 1. The molecule has 5 rings (SSSR count). The highest BCUT2D eigenvalue weighted by Gasteiger charge is 2.26. The number of aromatic nitrogens is 2. The first-order valence-corrected chi connectivity index (χ1v) is 9.42. The minimum Gasteiger partial charge on any atom is -0.310 e. The van der Waals surface area contributed by atoms with Gasteiger partial charge >= 0.3 is 0 Å². The lowest BCUT2D eigenvalue weighted by Crippen LogP contribution is -2.35. The van der Waals surface area contributed by atoms with Gasteiger partial charge in [0.15, 0.2) is 0 Å². The van der Waals surface area contributed by atoms with Crippen molar-refractivity contribution in [3.63, 3.8) is 0 Å². The number of aryl methyl sites for hydroxylation is 2. The standard InChI is InChI=1S/C19H17N3O2S/c23-16(22-9-8-12-4-1-2-6-14(12)22)10-21-11-20-18-17(19(21)24)13-5-3-7-15(13)25-18/h1-2,4,6,11H,3,5,7-10H2. The zero-order chi connectivity index (χ0) is 17.0. The second-order valence-corrected chi connectivity index (χ2v) is 7.72. The first kappa shape index (κ1) is 14.8. The number of nitrogens with zero attached hydrogens (tertiary/aromatic N) is 3. The van der Waals surface area contributed by atoms with Crippen LogP contribution >= 0.6 is 11.3 Å². The average Bonchev–Trinajstić information content (AvgIpc) is 3.30. The van der Waals surface area contributed by atoms with Gasteiger partial charge in [-0.05, 0) is 42.9 Å². The van der Waals surface area contributed by atoms with Crippen molar-refractivity contribution in [1.82, 2.24) is 9.55 Å². The molecule has 0 saturated heterocycles. The van der Waals surface area contributed by atoms with Crippen LogP contribution in [-0.2, 0) is 30.6 Å². The highest BCUT2D eigenvalue weighted by atomic mass is 32.1. The Bertz CT molecular complexity index is 1070. The molecule has 0 spiro atoms. The molecule has 0 bridgehead atoms. The fraction of sp³-hybridized carbons (Fsp3) is 0.316. The molecule has 1 aromatic carbocycles.